The van der Waals surface area contributed by atoms with Crippen molar-refractivity contribution in [2.24, 2.45) is 0 Å². The van der Waals surface area contributed by atoms with Crippen LogP contribution in [0.2, 0.25) is 0 Å². The highest BCUT2D eigenvalue weighted by Crippen LogP contribution is 2.09. The van der Waals surface area contributed by atoms with Crippen molar-refractivity contribution in [3.05, 3.63) is 22.4 Å². The molecular formula is C9H7IO3S. The Morgan fingerprint density at radius 3 is 3.07 bits per heavy atom. The van der Waals surface area contributed by atoms with Gasteiger partial charge < -0.3 is 9.47 Å². The molecule has 74 valence electrons. The molecule has 0 aliphatic carbocycles. The van der Waals surface area contributed by atoms with Gasteiger partial charge in [0.1, 0.15) is 6.61 Å². The van der Waals surface area contributed by atoms with E-state index in [4.69, 9.17) is 4.74 Å². The number of carbonyl (C=O) groups excluding carboxylic acids is 1. The monoisotopic (exact) mass is 322 g/mol. The molecule has 0 aromatic carbocycles. The van der Waals surface area contributed by atoms with E-state index in [0.717, 1.165) is 4.88 Å². The third-order valence-corrected chi connectivity index (χ3v) is 2.47. The van der Waals surface area contributed by atoms with E-state index in [1.54, 1.807) is 0 Å². The first-order chi connectivity index (χ1) is 6.83. The average molecular weight is 322 g/mol. The second-order valence-corrected chi connectivity index (χ2v) is 3.75. The van der Waals surface area contributed by atoms with Gasteiger partial charge in [-0.2, -0.15) is 0 Å². The highest BCUT2D eigenvalue weighted by Gasteiger charge is 2.03. The fraction of sp³-hybridized carbons (Fsp3) is 0.222. The fourth-order valence-electron chi connectivity index (χ4n) is 0.689. The minimum Gasteiger partial charge on any atom is -0.429 e. The van der Waals surface area contributed by atoms with E-state index in [1.807, 2.05) is 40.1 Å². The summed E-state index contributed by atoms with van der Waals surface area (Å²) >= 11 is 3.40. The van der Waals surface area contributed by atoms with Crippen molar-refractivity contribution in [3.63, 3.8) is 0 Å². The highest BCUT2D eigenvalue weighted by molar-refractivity contribution is 14.1. The number of hydrogen-bond acceptors (Lipinski definition) is 4. The number of carbonyl (C=O) groups is 1. The molecule has 0 radical (unpaired) electrons. The lowest BCUT2D eigenvalue weighted by Crippen LogP contribution is -2.06. The molecule has 0 saturated carbocycles. The number of hydrogen-bond donors (Lipinski definition) is 0. The maximum Gasteiger partial charge on any atom is 0.509 e. The van der Waals surface area contributed by atoms with Crippen molar-refractivity contribution in [2.45, 2.75) is 6.61 Å². The fourth-order valence-corrected chi connectivity index (χ4v) is 1.46. The number of ether oxygens (including phenoxy) is 2. The molecule has 0 N–H and O–H groups in total. The average Bonchev–Trinajstić information content (AvgIpc) is 2.68. The van der Waals surface area contributed by atoms with Crippen LogP contribution in [0, 0.1) is 9.85 Å². The summed E-state index contributed by atoms with van der Waals surface area (Å²) in [4.78, 5) is 11.9. The van der Waals surface area contributed by atoms with Crippen molar-refractivity contribution in [1.82, 2.24) is 0 Å². The Morgan fingerprint density at radius 2 is 2.43 bits per heavy atom. The molecule has 0 aliphatic heterocycles. The minimum atomic E-state index is -0.683. The van der Waals surface area contributed by atoms with Crippen LogP contribution >= 0.6 is 33.9 Å². The van der Waals surface area contributed by atoms with Crippen molar-refractivity contribution in [2.75, 3.05) is 6.61 Å². The smallest absolute Gasteiger partial charge is 0.429 e. The Morgan fingerprint density at radius 1 is 1.57 bits per heavy atom. The molecule has 0 amide bonds. The Labute approximate surface area is 99.5 Å². The van der Waals surface area contributed by atoms with Gasteiger partial charge in [-0.05, 0) is 15.4 Å². The molecular weight excluding hydrogens is 315 g/mol. The zero-order valence-electron chi connectivity index (χ0n) is 7.16. The van der Waals surface area contributed by atoms with Crippen molar-refractivity contribution >= 4 is 40.1 Å². The van der Waals surface area contributed by atoms with E-state index >= 15 is 0 Å². The molecule has 3 nitrogen and oxygen atoms in total. The standard InChI is InChI=1S/C9H7IO3S/c10-4-2-5-12-9(11)13-7-8-3-1-6-14-8/h1,3,6H,5,7H2. The number of halogens is 1. The van der Waals surface area contributed by atoms with Crippen LogP contribution in [-0.2, 0) is 16.1 Å². The third-order valence-electron chi connectivity index (χ3n) is 1.24. The minimum absolute atomic E-state index is 0.0756. The molecule has 0 aliphatic rings. The normalized spacial score (nSPS) is 8.64. The van der Waals surface area contributed by atoms with E-state index in [9.17, 15) is 4.79 Å². The molecule has 0 fully saturated rings. The lowest BCUT2D eigenvalue weighted by Gasteiger charge is -2.01. The van der Waals surface area contributed by atoms with Crippen LogP contribution in [0.4, 0.5) is 4.79 Å². The molecule has 1 aromatic rings. The lowest BCUT2D eigenvalue weighted by molar-refractivity contribution is 0.0596. The highest BCUT2D eigenvalue weighted by atomic mass is 127. The first kappa shape index (κ1) is 11.3. The van der Waals surface area contributed by atoms with Gasteiger partial charge in [0.15, 0.2) is 6.61 Å². The summed E-state index contributed by atoms with van der Waals surface area (Å²) < 4.78 is 12.0. The van der Waals surface area contributed by atoms with E-state index in [1.165, 1.54) is 11.3 Å². The Bertz CT molecular complexity index is 337. The number of rotatable bonds is 3. The van der Waals surface area contributed by atoms with E-state index in [0.29, 0.717) is 0 Å². The molecule has 1 heterocycles. The summed E-state index contributed by atoms with van der Waals surface area (Å²) in [6, 6.07) is 3.79. The van der Waals surface area contributed by atoms with Gasteiger partial charge in [0.05, 0.1) is 0 Å². The summed E-state index contributed by atoms with van der Waals surface area (Å²) in [6.07, 6.45) is -0.683. The second-order valence-electron chi connectivity index (χ2n) is 2.18. The predicted octanol–water partition coefficient (Wildman–Crippen LogP) is 2.80. The molecule has 0 saturated heterocycles. The van der Waals surface area contributed by atoms with Gasteiger partial charge in [0.2, 0.25) is 0 Å². The molecule has 1 aromatic heterocycles. The Hall–Kier alpha value is -0.740. The molecule has 5 heteroatoms. The molecule has 1 rings (SSSR count). The predicted molar refractivity (Wildman–Crippen MR) is 62.3 cm³/mol. The van der Waals surface area contributed by atoms with Gasteiger partial charge in [-0.15, -0.1) is 11.3 Å². The van der Waals surface area contributed by atoms with Gasteiger partial charge in [0, 0.05) is 27.5 Å². The van der Waals surface area contributed by atoms with E-state index in [-0.39, 0.29) is 13.2 Å². The zero-order chi connectivity index (χ0) is 10.2. The van der Waals surface area contributed by atoms with E-state index < -0.39 is 6.16 Å². The lowest BCUT2D eigenvalue weighted by atomic mass is 10.5. The molecule has 0 unspecified atom stereocenters. The van der Waals surface area contributed by atoms with Crippen LogP contribution in [0.5, 0.6) is 0 Å². The van der Waals surface area contributed by atoms with Crippen molar-refractivity contribution in [1.29, 1.82) is 0 Å². The van der Waals surface area contributed by atoms with Crippen LogP contribution in [0.15, 0.2) is 17.5 Å². The Kier molecular flexibility index (Phi) is 5.40. The number of thiophene rings is 1. The van der Waals surface area contributed by atoms with E-state index in [2.05, 4.69) is 14.6 Å². The Balaban J connectivity index is 2.17. The van der Waals surface area contributed by atoms with Crippen LogP contribution in [0.3, 0.4) is 0 Å². The first-order valence-corrected chi connectivity index (χ1v) is 5.69. The topological polar surface area (TPSA) is 35.5 Å². The maximum absolute atomic E-state index is 10.9. The quantitative estimate of drug-likeness (QED) is 0.488. The van der Waals surface area contributed by atoms with Gasteiger partial charge >= 0.3 is 6.16 Å². The third kappa shape index (κ3) is 4.48. The summed E-state index contributed by atoms with van der Waals surface area (Å²) in [5.74, 6) is 2.59. The van der Waals surface area contributed by atoms with Crippen LogP contribution in [0.25, 0.3) is 0 Å². The first-order valence-electron chi connectivity index (χ1n) is 3.73. The van der Waals surface area contributed by atoms with Gasteiger partial charge in [0.25, 0.3) is 0 Å². The van der Waals surface area contributed by atoms with Crippen molar-refractivity contribution < 1.29 is 14.3 Å². The van der Waals surface area contributed by atoms with Gasteiger partial charge in [-0.25, -0.2) is 4.79 Å². The zero-order valence-corrected chi connectivity index (χ0v) is 10.1. The summed E-state index contributed by atoms with van der Waals surface area (Å²) in [5.41, 5.74) is 0. The molecule has 0 atom stereocenters. The van der Waals surface area contributed by atoms with Crippen LogP contribution in [0.1, 0.15) is 4.88 Å². The SMILES string of the molecule is O=C(OCC#CI)OCc1cccs1. The maximum atomic E-state index is 10.9. The van der Waals surface area contributed by atoms with Gasteiger partial charge in [-0.3, -0.25) is 0 Å². The molecule has 0 spiro atoms. The van der Waals surface area contributed by atoms with Gasteiger partial charge in [-0.1, -0.05) is 12.0 Å². The second kappa shape index (κ2) is 6.68. The summed E-state index contributed by atoms with van der Waals surface area (Å²) in [6.45, 7) is 0.334. The van der Waals surface area contributed by atoms with Crippen LogP contribution in [-0.4, -0.2) is 12.8 Å². The molecule has 0 bridgehead atoms. The largest absolute Gasteiger partial charge is 0.509 e. The van der Waals surface area contributed by atoms with Crippen LogP contribution < -0.4 is 0 Å². The summed E-state index contributed by atoms with van der Waals surface area (Å²) in [5, 5.41) is 1.92. The van der Waals surface area contributed by atoms with Crippen molar-refractivity contribution in [3.8, 4) is 9.85 Å². The summed E-state index contributed by atoms with van der Waals surface area (Å²) in [7, 11) is 0. The molecule has 14 heavy (non-hydrogen) atoms.